The molecule has 392 valence electrons. The number of aliphatic hydroxyl groups is 1. The van der Waals surface area contributed by atoms with Crippen LogP contribution in [-0.4, -0.2) is 139 Å². The Bertz CT molecular complexity index is 1960. The fourth-order valence-electron chi connectivity index (χ4n) is 7.97. The van der Waals surface area contributed by atoms with Crippen LogP contribution in [0.25, 0.3) is 0 Å². The van der Waals surface area contributed by atoms with E-state index in [0.29, 0.717) is 25.8 Å². The van der Waals surface area contributed by atoms with Gasteiger partial charge in [-0.1, -0.05) is 108 Å². The number of nitrogens with zero attached hydrogens (tertiary/aromatic N) is 2. The lowest BCUT2D eigenvalue weighted by Gasteiger charge is -2.33. The summed E-state index contributed by atoms with van der Waals surface area (Å²) in [6.07, 6.45) is 5.12. The van der Waals surface area contributed by atoms with Crippen LogP contribution in [0, 0.1) is 17.8 Å². The van der Waals surface area contributed by atoms with Gasteiger partial charge in [-0.05, 0) is 71.3 Å². The van der Waals surface area contributed by atoms with Crippen molar-refractivity contribution in [3.05, 3.63) is 59.2 Å². The molecule has 18 heteroatoms. The Morgan fingerprint density at radius 3 is 2.11 bits per heavy atom. The quantitative estimate of drug-likeness (QED) is 0.0813. The number of cyclic esters (lactones) is 1. The summed E-state index contributed by atoms with van der Waals surface area (Å²) in [5.74, 6) is -5.67. The molecule has 2 rings (SSSR count). The van der Waals surface area contributed by atoms with Gasteiger partial charge in [0.25, 0.3) is 5.91 Å². The second-order valence-electron chi connectivity index (χ2n) is 19.1. The first-order valence-corrected chi connectivity index (χ1v) is 24.9. The van der Waals surface area contributed by atoms with E-state index in [1.54, 1.807) is 51.1 Å². The number of carbonyl (C=O) groups is 8. The maximum absolute atomic E-state index is 14.3. The van der Waals surface area contributed by atoms with E-state index in [-0.39, 0.29) is 43.3 Å². The fraction of sp³-hybridized carbons (Fsp3) is 0.654. The highest BCUT2D eigenvalue weighted by Crippen LogP contribution is 2.24. The number of rotatable bonds is 15. The summed E-state index contributed by atoms with van der Waals surface area (Å²) < 4.78 is 11.8. The molecule has 0 fully saturated rings. The predicted octanol–water partition coefficient (Wildman–Crippen LogP) is 4.49. The molecular formula is C52H83N7O11. The van der Waals surface area contributed by atoms with Crippen LogP contribution in [0.15, 0.2) is 53.6 Å². The molecule has 0 saturated carbocycles. The molecular weight excluding hydrogens is 899 g/mol. The van der Waals surface area contributed by atoms with Crippen LogP contribution in [0.5, 0.6) is 0 Å². The van der Waals surface area contributed by atoms with Gasteiger partial charge in [0.05, 0.1) is 12.6 Å². The monoisotopic (exact) mass is 982 g/mol. The number of hydrogen-bond donors (Lipinski definition) is 6. The van der Waals surface area contributed by atoms with Crippen molar-refractivity contribution in [2.24, 2.45) is 17.8 Å². The second-order valence-corrected chi connectivity index (χ2v) is 19.1. The Morgan fingerprint density at radius 1 is 0.871 bits per heavy atom. The summed E-state index contributed by atoms with van der Waals surface area (Å²) in [4.78, 5) is 113. The van der Waals surface area contributed by atoms with Crippen LogP contribution in [0.1, 0.15) is 126 Å². The minimum Gasteiger partial charge on any atom is -0.449 e. The Balaban J connectivity index is 2.67. The van der Waals surface area contributed by atoms with Gasteiger partial charge in [-0.2, -0.15) is 0 Å². The van der Waals surface area contributed by atoms with Crippen LogP contribution >= 0.6 is 0 Å². The van der Waals surface area contributed by atoms with Crippen molar-refractivity contribution in [3.63, 3.8) is 0 Å². The van der Waals surface area contributed by atoms with E-state index in [4.69, 9.17) is 14.6 Å². The number of aliphatic hydroxyl groups excluding tert-OH is 1. The molecule has 0 saturated heterocycles. The molecule has 1 aromatic rings. The lowest BCUT2D eigenvalue weighted by atomic mass is 9.88. The van der Waals surface area contributed by atoms with Gasteiger partial charge in [0.1, 0.15) is 30.3 Å². The third-order valence-electron chi connectivity index (χ3n) is 12.8. The standard InChI is InChI=1S/C52H83N7O11/c1-13-33(5)44-36(8)41(70-52(68)53-27-21-16-15-17-22-28-60)26-25-35(7)51(67)69-42(29-32(3)4)47(63)55-38(10)49(65)59(12)40(30-39-23-19-18-20-24-39)50(66)58(11)31-43(61)56-45(34(6)14-2)48(64)54-37(9)46(62)57-44/h13,18-20,23-25,32,34,36-38,40-42,44-45,60H,14-17,21-22,26-31H2,1-12H3,(H,53,68)(H,54,64)(H,55,63)(H,56,61)(H,57,62)/b33-13+,35-25+/t34?,36-,37+,38-,40+,41-,42+,44+,45-/m0/s1. The normalized spacial score (nSPS) is 26.0. The molecule has 1 aromatic carbocycles. The van der Waals surface area contributed by atoms with Gasteiger partial charge in [0.15, 0.2) is 6.10 Å². The number of esters is 1. The number of benzene rings is 1. The van der Waals surface area contributed by atoms with Crippen LogP contribution in [-0.2, 0) is 49.5 Å². The molecule has 18 nitrogen and oxygen atoms in total. The van der Waals surface area contributed by atoms with Gasteiger partial charge in [-0.15, -0.1) is 0 Å². The molecule has 6 N–H and O–H groups in total. The Labute approximate surface area is 415 Å². The Hall–Kier alpha value is -5.78. The maximum atomic E-state index is 14.3. The molecule has 1 heterocycles. The smallest absolute Gasteiger partial charge is 0.407 e. The molecule has 0 spiro atoms. The van der Waals surface area contributed by atoms with E-state index >= 15 is 0 Å². The minimum absolute atomic E-state index is 0.000407. The van der Waals surface area contributed by atoms with Gasteiger partial charge < -0.3 is 51.0 Å². The number of unbranched alkanes of at least 4 members (excludes halogenated alkanes) is 4. The summed E-state index contributed by atoms with van der Waals surface area (Å²) >= 11 is 0. The summed E-state index contributed by atoms with van der Waals surface area (Å²) in [5.41, 5.74) is 1.57. The van der Waals surface area contributed by atoms with E-state index in [1.165, 1.54) is 44.7 Å². The second kappa shape index (κ2) is 30.7. The number of alkyl carbamates (subject to hydrolysis) is 1. The van der Waals surface area contributed by atoms with Crippen LogP contribution < -0.4 is 26.6 Å². The average molecular weight is 982 g/mol. The highest BCUT2D eigenvalue weighted by Gasteiger charge is 2.37. The fourth-order valence-corrected chi connectivity index (χ4v) is 7.97. The third-order valence-corrected chi connectivity index (χ3v) is 12.8. The molecule has 0 aliphatic carbocycles. The first-order chi connectivity index (χ1) is 33.1. The van der Waals surface area contributed by atoms with Crippen molar-refractivity contribution in [3.8, 4) is 0 Å². The minimum atomic E-state index is -1.31. The highest BCUT2D eigenvalue weighted by atomic mass is 16.6. The summed E-state index contributed by atoms with van der Waals surface area (Å²) in [6, 6.07) is 3.79. The molecule has 7 amide bonds. The number of nitrogens with one attached hydrogen (secondary N) is 5. The summed E-state index contributed by atoms with van der Waals surface area (Å²) in [7, 11) is 2.85. The number of allylic oxidation sites excluding steroid dienone is 1. The molecule has 1 aliphatic heterocycles. The number of hydrogen-bond acceptors (Lipinski definition) is 11. The molecule has 0 bridgehead atoms. The van der Waals surface area contributed by atoms with Crippen molar-refractivity contribution < 1.29 is 52.9 Å². The molecule has 0 aromatic heterocycles. The van der Waals surface area contributed by atoms with Crippen molar-refractivity contribution in [2.45, 2.75) is 169 Å². The molecule has 1 aliphatic rings. The topological polar surface area (TPSA) is 242 Å². The molecule has 9 atom stereocenters. The lowest BCUT2D eigenvalue weighted by molar-refractivity contribution is -0.154. The van der Waals surface area contributed by atoms with Crippen LogP contribution in [0.3, 0.4) is 0 Å². The van der Waals surface area contributed by atoms with E-state index in [1.807, 2.05) is 39.8 Å². The first-order valence-electron chi connectivity index (χ1n) is 24.9. The summed E-state index contributed by atoms with van der Waals surface area (Å²) in [6.45, 7) is 17.2. The molecule has 0 radical (unpaired) electrons. The lowest BCUT2D eigenvalue weighted by Crippen LogP contribution is -2.58. The number of amides is 7. The van der Waals surface area contributed by atoms with Crippen LogP contribution in [0.2, 0.25) is 0 Å². The third kappa shape index (κ3) is 19.9. The van der Waals surface area contributed by atoms with Gasteiger partial charge in [-0.25, -0.2) is 9.59 Å². The SMILES string of the molecule is C/C=C(\C)[C@H]1NC(=O)[C@@H](C)NC(=O)[C@H](C(C)CC)NC(=O)CN(C)C(=O)[C@@H](Cc2ccccc2)N(C)C(=O)[C@H](C)NC(=O)[C@@H](CC(C)C)OC(=O)/C(C)=C/C[C@H](OC(=O)NCCCCCCCO)[C@@H]1C. The Morgan fingerprint density at radius 2 is 1.50 bits per heavy atom. The van der Waals surface area contributed by atoms with Gasteiger partial charge in [0, 0.05) is 51.6 Å². The maximum Gasteiger partial charge on any atom is 0.407 e. The largest absolute Gasteiger partial charge is 0.449 e. The van der Waals surface area contributed by atoms with Crippen molar-refractivity contribution >= 4 is 47.5 Å². The van der Waals surface area contributed by atoms with Crippen molar-refractivity contribution in [2.75, 3.05) is 33.8 Å². The zero-order valence-corrected chi connectivity index (χ0v) is 43.7. The number of likely N-dealkylation sites (N-methyl/N-ethyl adjacent to an activating group) is 2. The van der Waals surface area contributed by atoms with E-state index in [9.17, 15) is 38.4 Å². The Kier molecular flexibility index (Phi) is 26.5. The van der Waals surface area contributed by atoms with E-state index in [0.717, 1.165) is 30.4 Å². The van der Waals surface area contributed by atoms with Gasteiger partial charge >= 0.3 is 12.1 Å². The van der Waals surface area contributed by atoms with Crippen LogP contribution in [0.4, 0.5) is 4.79 Å². The highest BCUT2D eigenvalue weighted by molar-refractivity contribution is 5.96. The summed E-state index contributed by atoms with van der Waals surface area (Å²) in [5, 5.41) is 23.1. The van der Waals surface area contributed by atoms with Gasteiger partial charge in [0.2, 0.25) is 29.5 Å². The molecule has 1 unspecified atom stereocenters. The zero-order valence-electron chi connectivity index (χ0n) is 43.7. The van der Waals surface area contributed by atoms with Crippen molar-refractivity contribution in [1.82, 2.24) is 36.4 Å². The van der Waals surface area contributed by atoms with E-state index in [2.05, 4.69) is 26.6 Å². The predicted molar refractivity (Wildman–Crippen MR) is 268 cm³/mol. The average Bonchev–Trinajstić information content (AvgIpc) is 3.32. The number of ether oxygens (including phenoxy) is 2. The zero-order chi connectivity index (χ0) is 52.7. The van der Waals surface area contributed by atoms with Gasteiger partial charge in [-0.3, -0.25) is 28.8 Å². The van der Waals surface area contributed by atoms with E-state index < -0.39 is 102 Å². The van der Waals surface area contributed by atoms with Crippen molar-refractivity contribution in [1.29, 1.82) is 0 Å². The first kappa shape index (κ1) is 60.3. The number of carbonyl (C=O) groups excluding carboxylic acids is 8. The molecule has 70 heavy (non-hydrogen) atoms.